The molecule has 0 aliphatic carbocycles. The summed E-state index contributed by atoms with van der Waals surface area (Å²) in [6.45, 7) is 16.9. The number of fused-ring (bicyclic) bond motifs is 1. The number of carbonyl (C=O) groups is 1. The largest absolute Gasteiger partial charge is 0.464 e. The highest BCUT2D eigenvalue weighted by atomic mass is 32.1. The number of rotatable bonds is 8. The standard InChI is InChI=1S/C20H33N3O3SSi/c1-14(13-26-28(6,7)20(3,4)5)11-23(22-19(24)25)12-16-8-9-17-18(10-16)27-15(2)21-17/h8-10,14,22H,11-13H2,1-7H3,(H,24,25)/t14-/m1/s1. The molecule has 156 valence electrons. The summed E-state index contributed by atoms with van der Waals surface area (Å²) < 4.78 is 7.43. The maximum Gasteiger partial charge on any atom is 0.419 e. The van der Waals surface area contributed by atoms with Crippen LogP contribution in [-0.2, 0) is 11.0 Å². The Hall–Kier alpha value is -1.48. The predicted molar refractivity (Wildman–Crippen MR) is 118 cm³/mol. The van der Waals surface area contributed by atoms with Crippen molar-refractivity contribution < 1.29 is 14.3 Å². The Morgan fingerprint density at radius 3 is 2.68 bits per heavy atom. The maximum absolute atomic E-state index is 11.3. The molecule has 1 aromatic heterocycles. The number of aryl methyl sites for hydroxylation is 1. The molecule has 0 aliphatic rings. The molecule has 0 radical (unpaired) electrons. The van der Waals surface area contributed by atoms with Crippen LogP contribution in [0, 0.1) is 12.8 Å². The van der Waals surface area contributed by atoms with Gasteiger partial charge in [-0.15, -0.1) is 11.3 Å². The number of hydrogen-bond acceptors (Lipinski definition) is 5. The summed E-state index contributed by atoms with van der Waals surface area (Å²) in [7, 11) is -1.81. The molecule has 6 nitrogen and oxygen atoms in total. The van der Waals surface area contributed by atoms with Crippen LogP contribution in [0.5, 0.6) is 0 Å². The fourth-order valence-electron chi connectivity index (χ4n) is 2.68. The van der Waals surface area contributed by atoms with E-state index in [0.717, 1.165) is 20.8 Å². The van der Waals surface area contributed by atoms with Gasteiger partial charge < -0.3 is 9.53 Å². The summed E-state index contributed by atoms with van der Waals surface area (Å²) in [5.74, 6) is 0.204. The summed E-state index contributed by atoms with van der Waals surface area (Å²) in [6, 6.07) is 6.10. The third kappa shape index (κ3) is 6.27. The molecule has 1 aromatic carbocycles. The van der Waals surface area contributed by atoms with Crippen LogP contribution in [0.25, 0.3) is 10.2 Å². The van der Waals surface area contributed by atoms with Gasteiger partial charge in [-0.2, -0.15) is 0 Å². The Morgan fingerprint density at radius 1 is 1.39 bits per heavy atom. The van der Waals surface area contributed by atoms with Gasteiger partial charge in [0.25, 0.3) is 0 Å². The van der Waals surface area contributed by atoms with E-state index in [1.54, 1.807) is 16.3 Å². The van der Waals surface area contributed by atoms with E-state index in [0.29, 0.717) is 19.7 Å². The Morgan fingerprint density at radius 2 is 2.07 bits per heavy atom. The van der Waals surface area contributed by atoms with Crippen molar-refractivity contribution in [3.8, 4) is 0 Å². The first-order valence-electron chi connectivity index (χ1n) is 9.62. The summed E-state index contributed by atoms with van der Waals surface area (Å²) in [5, 5.41) is 12.2. The van der Waals surface area contributed by atoms with Crippen LogP contribution in [0.2, 0.25) is 18.1 Å². The lowest BCUT2D eigenvalue weighted by Crippen LogP contribution is -2.46. The van der Waals surface area contributed by atoms with E-state index in [4.69, 9.17) is 4.43 Å². The summed E-state index contributed by atoms with van der Waals surface area (Å²) in [6.07, 6.45) is -1.05. The average molecular weight is 424 g/mol. The van der Waals surface area contributed by atoms with Crippen LogP contribution >= 0.6 is 11.3 Å². The van der Waals surface area contributed by atoms with Crippen molar-refractivity contribution in [3.05, 3.63) is 28.8 Å². The van der Waals surface area contributed by atoms with Gasteiger partial charge in [-0.3, -0.25) is 5.43 Å². The van der Waals surface area contributed by atoms with Crippen molar-refractivity contribution in [2.45, 2.75) is 59.3 Å². The highest BCUT2D eigenvalue weighted by Gasteiger charge is 2.37. The molecule has 2 aromatic rings. The Balaban J connectivity index is 2.02. The van der Waals surface area contributed by atoms with Gasteiger partial charge in [-0.1, -0.05) is 33.8 Å². The molecule has 0 saturated heterocycles. The molecular formula is C20H33N3O3SSi. The van der Waals surface area contributed by atoms with Gasteiger partial charge in [0, 0.05) is 19.7 Å². The van der Waals surface area contributed by atoms with Crippen LogP contribution in [0.15, 0.2) is 18.2 Å². The summed E-state index contributed by atoms with van der Waals surface area (Å²) in [5.41, 5.74) is 4.58. The van der Waals surface area contributed by atoms with Crippen LogP contribution in [0.3, 0.4) is 0 Å². The second kappa shape index (κ2) is 8.90. The van der Waals surface area contributed by atoms with Crippen LogP contribution in [0.1, 0.15) is 38.3 Å². The Labute approximate surface area is 173 Å². The van der Waals surface area contributed by atoms with Gasteiger partial charge >= 0.3 is 6.09 Å². The lowest BCUT2D eigenvalue weighted by Gasteiger charge is -2.37. The minimum Gasteiger partial charge on any atom is -0.464 e. The second-order valence-corrected chi connectivity index (χ2v) is 15.1. The number of thiazole rings is 1. The molecule has 0 spiro atoms. The van der Waals surface area contributed by atoms with Crippen LogP contribution in [0.4, 0.5) is 4.79 Å². The Bertz CT molecular complexity index is 817. The highest BCUT2D eigenvalue weighted by molar-refractivity contribution is 7.18. The van der Waals surface area contributed by atoms with Crippen molar-refractivity contribution in [1.82, 2.24) is 15.4 Å². The minimum absolute atomic E-state index is 0.161. The second-order valence-electron chi connectivity index (χ2n) is 9.01. The molecule has 8 heteroatoms. The zero-order chi connectivity index (χ0) is 21.1. The number of aromatic nitrogens is 1. The van der Waals surface area contributed by atoms with Gasteiger partial charge in [0.2, 0.25) is 0 Å². The van der Waals surface area contributed by atoms with Gasteiger partial charge in [-0.05, 0) is 48.7 Å². The van der Waals surface area contributed by atoms with Gasteiger partial charge in [0.15, 0.2) is 8.32 Å². The number of amides is 1. The molecule has 0 unspecified atom stereocenters. The molecule has 1 heterocycles. The van der Waals surface area contributed by atoms with Gasteiger partial charge in [-0.25, -0.2) is 14.8 Å². The van der Waals surface area contributed by atoms with Crippen molar-refractivity contribution >= 4 is 36.0 Å². The first kappa shape index (κ1) is 22.8. The van der Waals surface area contributed by atoms with E-state index < -0.39 is 14.4 Å². The lowest BCUT2D eigenvalue weighted by molar-refractivity contribution is 0.109. The van der Waals surface area contributed by atoms with E-state index in [-0.39, 0.29) is 11.0 Å². The van der Waals surface area contributed by atoms with Crippen molar-refractivity contribution in [3.63, 3.8) is 0 Å². The summed E-state index contributed by atoms with van der Waals surface area (Å²) in [4.78, 5) is 15.7. The predicted octanol–water partition coefficient (Wildman–Crippen LogP) is 5.25. The molecule has 0 fully saturated rings. The molecule has 1 amide bonds. The van der Waals surface area contributed by atoms with E-state index in [9.17, 15) is 9.90 Å². The average Bonchev–Trinajstić information content (AvgIpc) is 2.90. The third-order valence-corrected chi connectivity index (χ3v) is 10.7. The quantitative estimate of drug-likeness (QED) is 0.448. The minimum atomic E-state index is -1.81. The topological polar surface area (TPSA) is 74.7 Å². The van der Waals surface area contributed by atoms with Gasteiger partial charge in [0.05, 0.1) is 15.2 Å². The summed E-state index contributed by atoms with van der Waals surface area (Å²) >= 11 is 1.65. The third-order valence-electron chi connectivity index (χ3n) is 5.25. The van der Waals surface area contributed by atoms with Crippen molar-refractivity contribution in [1.29, 1.82) is 0 Å². The van der Waals surface area contributed by atoms with E-state index in [1.807, 2.05) is 19.1 Å². The molecule has 1 atom stereocenters. The number of benzene rings is 1. The monoisotopic (exact) mass is 423 g/mol. The van der Waals surface area contributed by atoms with Crippen LogP contribution < -0.4 is 5.43 Å². The number of hydrogen-bond donors (Lipinski definition) is 2. The molecular weight excluding hydrogens is 390 g/mol. The first-order valence-corrected chi connectivity index (χ1v) is 13.3. The molecule has 0 aliphatic heterocycles. The molecule has 0 saturated carbocycles. The van der Waals surface area contributed by atoms with E-state index >= 15 is 0 Å². The first-order chi connectivity index (χ1) is 12.9. The number of carboxylic acid groups (broad SMARTS) is 1. The van der Waals surface area contributed by atoms with Crippen molar-refractivity contribution in [2.24, 2.45) is 5.92 Å². The van der Waals surface area contributed by atoms with Crippen LogP contribution in [-0.4, -0.2) is 42.7 Å². The Kier molecular flexibility index (Phi) is 7.25. The molecule has 28 heavy (non-hydrogen) atoms. The number of nitrogens with one attached hydrogen (secondary N) is 1. The highest BCUT2D eigenvalue weighted by Crippen LogP contribution is 2.36. The number of nitrogens with zero attached hydrogens (tertiary/aromatic N) is 2. The van der Waals surface area contributed by atoms with E-state index in [2.05, 4.69) is 57.3 Å². The molecule has 2 rings (SSSR count). The van der Waals surface area contributed by atoms with Crippen molar-refractivity contribution in [2.75, 3.05) is 13.2 Å². The zero-order valence-corrected chi connectivity index (χ0v) is 19.8. The fraction of sp³-hybridized carbons (Fsp3) is 0.600. The maximum atomic E-state index is 11.3. The lowest BCUT2D eigenvalue weighted by atomic mass is 10.1. The zero-order valence-electron chi connectivity index (χ0n) is 18.0. The normalized spacial score (nSPS) is 13.9. The van der Waals surface area contributed by atoms with Gasteiger partial charge in [0.1, 0.15) is 0 Å². The molecule has 2 N–H and O–H groups in total. The number of hydrazine groups is 1. The fourth-order valence-corrected chi connectivity index (χ4v) is 4.71. The molecule has 0 bridgehead atoms. The smallest absolute Gasteiger partial charge is 0.419 e. The van der Waals surface area contributed by atoms with E-state index in [1.165, 1.54) is 0 Å². The SMILES string of the molecule is Cc1nc2ccc(CN(C[C@@H](C)CO[Si](C)(C)C(C)(C)C)NC(=O)O)cc2s1.